The molecular formula is C17H15ClFNO5S. The summed E-state index contributed by atoms with van der Waals surface area (Å²) in [4.78, 5) is 23.3. The number of ether oxygens (including phenoxy) is 1. The molecule has 26 heavy (non-hydrogen) atoms. The van der Waals surface area contributed by atoms with Gasteiger partial charge in [0, 0.05) is 12.1 Å². The average Bonchev–Trinajstić information content (AvgIpc) is 2.59. The SMILES string of the molecule is O=C(CCNS(=O)(=O)c1ccccc1Cl)OCC(=O)c1cccc(F)c1. The van der Waals surface area contributed by atoms with Crippen LogP contribution in [0.4, 0.5) is 4.39 Å². The summed E-state index contributed by atoms with van der Waals surface area (Å²) >= 11 is 5.83. The van der Waals surface area contributed by atoms with Gasteiger partial charge in [-0.2, -0.15) is 0 Å². The molecule has 1 N–H and O–H groups in total. The van der Waals surface area contributed by atoms with Gasteiger partial charge in [-0.25, -0.2) is 17.5 Å². The van der Waals surface area contributed by atoms with Crippen LogP contribution in [0, 0.1) is 5.82 Å². The second-order valence-electron chi connectivity index (χ2n) is 5.17. The number of hydrogen-bond acceptors (Lipinski definition) is 5. The van der Waals surface area contributed by atoms with Crippen molar-refractivity contribution >= 4 is 33.4 Å². The number of rotatable bonds is 8. The highest BCUT2D eigenvalue weighted by molar-refractivity contribution is 7.89. The fourth-order valence-corrected chi connectivity index (χ4v) is 3.54. The lowest BCUT2D eigenvalue weighted by atomic mass is 10.1. The molecule has 6 nitrogen and oxygen atoms in total. The molecule has 2 aromatic carbocycles. The smallest absolute Gasteiger partial charge is 0.307 e. The second kappa shape index (κ2) is 8.88. The summed E-state index contributed by atoms with van der Waals surface area (Å²) in [6.45, 7) is -0.778. The van der Waals surface area contributed by atoms with Crippen molar-refractivity contribution < 1.29 is 27.1 Å². The zero-order chi connectivity index (χ0) is 19.2. The van der Waals surface area contributed by atoms with Crippen LogP contribution in [0.15, 0.2) is 53.4 Å². The lowest BCUT2D eigenvalue weighted by Gasteiger charge is -2.08. The first-order chi connectivity index (χ1) is 12.3. The van der Waals surface area contributed by atoms with E-state index in [9.17, 15) is 22.4 Å². The van der Waals surface area contributed by atoms with Crippen molar-refractivity contribution in [3.63, 3.8) is 0 Å². The van der Waals surface area contributed by atoms with Crippen LogP contribution in [-0.2, 0) is 19.6 Å². The molecule has 0 aliphatic rings. The molecule has 0 fully saturated rings. The van der Waals surface area contributed by atoms with Gasteiger partial charge >= 0.3 is 5.97 Å². The van der Waals surface area contributed by atoms with Gasteiger partial charge < -0.3 is 4.74 Å². The Morgan fingerprint density at radius 3 is 2.54 bits per heavy atom. The fourth-order valence-electron chi connectivity index (χ4n) is 1.99. The molecule has 0 saturated carbocycles. The zero-order valence-corrected chi connectivity index (χ0v) is 15.0. The molecular weight excluding hydrogens is 385 g/mol. The molecule has 0 aliphatic heterocycles. The molecule has 0 bridgehead atoms. The summed E-state index contributed by atoms with van der Waals surface area (Å²) < 4.78 is 44.2. The molecule has 0 aromatic heterocycles. The molecule has 0 amide bonds. The molecule has 0 atom stereocenters. The fraction of sp³-hybridized carbons (Fsp3) is 0.176. The van der Waals surface area contributed by atoms with Gasteiger partial charge in [0.05, 0.1) is 11.4 Å². The number of nitrogens with one attached hydrogen (secondary N) is 1. The number of halogens is 2. The number of benzene rings is 2. The minimum atomic E-state index is -3.86. The second-order valence-corrected chi connectivity index (χ2v) is 7.31. The molecule has 0 unspecified atom stereocenters. The number of carbonyl (C=O) groups is 2. The van der Waals surface area contributed by atoms with Crippen LogP contribution in [0.25, 0.3) is 0 Å². The molecule has 138 valence electrons. The first-order valence-electron chi connectivity index (χ1n) is 7.48. The maximum Gasteiger partial charge on any atom is 0.307 e. The summed E-state index contributed by atoms with van der Waals surface area (Å²) in [5.41, 5.74) is 0.0808. The van der Waals surface area contributed by atoms with Gasteiger partial charge in [-0.3, -0.25) is 9.59 Å². The molecule has 0 heterocycles. The van der Waals surface area contributed by atoms with Crippen LogP contribution in [0.1, 0.15) is 16.8 Å². The summed E-state index contributed by atoms with van der Waals surface area (Å²) in [7, 11) is -3.86. The number of hydrogen-bond donors (Lipinski definition) is 1. The lowest BCUT2D eigenvalue weighted by molar-refractivity contribution is -0.142. The number of Topliss-reactive ketones (excluding diaryl/α,β-unsaturated/α-hetero) is 1. The Bertz CT molecular complexity index is 917. The van der Waals surface area contributed by atoms with Gasteiger partial charge in [-0.1, -0.05) is 35.9 Å². The molecule has 0 aliphatic carbocycles. The highest BCUT2D eigenvalue weighted by Crippen LogP contribution is 2.19. The highest BCUT2D eigenvalue weighted by Gasteiger charge is 2.18. The third kappa shape index (κ3) is 5.62. The van der Waals surface area contributed by atoms with E-state index in [-0.39, 0.29) is 28.4 Å². The zero-order valence-electron chi connectivity index (χ0n) is 13.4. The minimum absolute atomic E-state index is 0.0586. The van der Waals surface area contributed by atoms with Gasteiger partial charge in [-0.15, -0.1) is 0 Å². The number of ketones is 1. The Kier molecular flexibility index (Phi) is 6.84. The Hall–Kier alpha value is -2.29. The molecule has 0 saturated heterocycles. The van der Waals surface area contributed by atoms with E-state index in [0.717, 1.165) is 6.07 Å². The van der Waals surface area contributed by atoms with Crippen molar-refractivity contribution in [3.05, 3.63) is 64.9 Å². The Morgan fingerprint density at radius 2 is 1.85 bits per heavy atom. The van der Waals surface area contributed by atoms with E-state index in [1.54, 1.807) is 6.07 Å². The van der Waals surface area contributed by atoms with Gasteiger partial charge in [0.25, 0.3) is 0 Å². The first kappa shape index (κ1) is 20.0. The van der Waals surface area contributed by atoms with E-state index in [1.165, 1.54) is 36.4 Å². The van der Waals surface area contributed by atoms with Crippen molar-refractivity contribution in [1.82, 2.24) is 4.72 Å². The van der Waals surface area contributed by atoms with Crippen LogP contribution < -0.4 is 4.72 Å². The first-order valence-corrected chi connectivity index (χ1v) is 9.34. The number of carbonyl (C=O) groups excluding carboxylic acids is 2. The molecule has 0 radical (unpaired) electrons. The molecule has 9 heteroatoms. The van der Waals surface area contributed by atoms with Crippen LogP contribution in [-0.4, -0.2) is 33.3 Å². The lowest BCUT2D eigenvalue weighted by Crippen LogP contribution is -2.27. The maximum atomic E-state index is 13.0. The van der Waals surface area contributed by atoms with Crippen molar-refractivity contribution in [2.45, 2.75) is 11.3 Å². The minimum Gasteiger partial charge on any atom is -0.457 e. The Morgan fingerprint density at radius 1 is 1.12 bits per heavy atom. The van der Waals surface area contributed by atoms with Crippen molar-refractivity contribution in [1.29, 1.82) is 0 Å². The van der Waals surface area contributed by atoms with Crippen molar-refractivity contribution in [2.75, 3.05) is 13.2 Å². The van der Waals surface area contributed by atoms with Gasteiger partial charge in [-0.05, 0) is 24.3 Å². The monoisotopic (exact) mass is 399 g/mol. The standard InChI is InChI=1S/C17H15ClFNO5S/c18-14-6-1-2-7-16(14)26(23,24)20-9-8-17(22)25-11-15(21)12-4-3-5-13(19)10-12/h1-7,10,20H,8-9,11H2. The van der Waals surface area contributed by atoms with Gasteiger partial charge in [0.15, 0.2) is 12.4 Å². The van der Waals surface area contributed by atoms with Crippen LogP contribution in [0.5, 0.6) is 0 Å². The van der Waals surface area contributed by atoms with E-state index in [4.69, 9.17) is 16.3 Å². The van der Waals surface area contributed by atoms with Gasteiger partial charge in [0.1, 0.15) is 10.7 Å². The summed E-state index contributed by atoms with van der Waals surface area (Å²) in [6, 6.07) is 10.9. The van der Waals surface area contributed by atoms with E-state index in [1.807, 2.05) is 0 Å². The maximum absolute atomic E-state index is 13.0. The van der Waals surface area contributed by atoms with E-state index in [0.29, 0.717) is 0 Å². The summed E-state index contributed by atoms with van der Waals surface area (Å²) in [5, 5.41) is 0.0586. The largest absolute Gasteiger partial charge is 0.457 e. The topological polar surface area (TPSA) is 89.5 Å². The predicted octanol–water partition coefficient (Wildman–Crippen LogP) is 2.57. The Balaban J connectivity index is 1.80. The quantitative estimate of drug-likeness (QED) is 0.544. The van der Waals surface area contributed by atoms with Crippen molar-refractivity contribution in [2.24, 2.45) is 0 Å². The molecule has 0 spiro atoms. The number of esters is 1. The van der Waals surface area contributed by atoms with Crippen LogP contribution >= 0.6 is 11.6 Å². The molecule has 2 rings (SSSR count). The van der Waals surface area contributed by atoms with Gasteiger partial charge in [0.2, 0.25) is 10.0 Å². The average molecular weight is 400 g/mol. The summed E-state index contributed by atoms with van der Waals surface area (Å²) in [6.07, 6.45) is -0.278. The van der Waals surface area contributed by atoms with E-state index >= 15 is 0 Å². The number of sulfonamides is 1. The predicted molar refractivity (Wildman–Crippen MR) is 92.9 cm³/mol. The third-order valence-electron chi connectivity index (χ3n) is 3.26. The Labute approximate surface area is 155 Å². The van der Waals surface area contributed by atoms with E-state index < -0.39 is 34.2 Å². The van der Waals surface area contributed by atoms with Crippen molar-refractivity contribution in [3.8, 4) is 0 Å². The normalized spacial score (nSPS) is 11.2. The molecule has 2 aromatic rings. The van der Waals surface area contributed by atoms with Crippen LogP contribution in [0.3, 0.4) is 0 Å². The van der Waals surface area contributed by atoms with E-state index in [2.05, 4.69) is 4.72 Å². The summed E-state index contributed by atoms with van der Waals surface area (Å²) in [5.74, 6) is -1.90. The van der Waals surface area contributed by atoms with Crippen LogP contribution in [0.2, 0.25) is 5.02 Å². The highest BCUT2D eigenvalue weighted by atomic mass is 35.5. The third-order valence-corrected chi connectivity index (χ3v) is 5.22.